The molecule has 0 aliphatic rings. The zero-order chi connectivity index (χ0) is 6.85. The fourth-order valence-corrected chi connectivity index (χ4v) is 0.788. The molecule has 0 saturated heterocycles. The van der Waals surface area contributed by atoms with Crippen molar-refractivity contribution in [2.75, 3.05) is 0 Å². The second kappa shape index (κ2) is 2.36. The first kappa shape index (κ1) is 6.56. The summed E-state index contributed by atoms with van der Waals surface area (Å²) in [4.78, 5) is 4.01. The quantitative estimate of drug-likeness (QED) is 0.541. The maximum absolute atomic E-state index is 5.82. The van der Waals surface area contributed by atoms with Crippen molar-refractivity contribution >= 4 is 11.6 Å². The van der Waals surface area contributed by atoms with E-state index in [0.717, 1.165) is 16.3 Å². The van der Waals surface area contributed by atoms with E-state index in [-0.39, 0.29) is 0 Å². The molecule has 1 heterocycles. The van der Waals surface area contributed by atoms with Crippen LogP contribution in [0.15, 0.2) is 12.3 Å². The van der Waals surface area contributed by atoms with E-state index in [2.05, 4.69) is 4.98 Å². The molecule has 0 bridgehead atoms. The smallest absolute Gasteiger partial charge is 0.0647 e. The van der Waals surface area contributed by atoms with E-state index in [1.807, 2.05) is 19.9 Å². The van der Waals surface area contributed by atoms with Crippen LogP contribution in [0.4, 0.5) is 0 Å². The summed E-state index contributed by atoms with van der Waals surface area (Å²) in [5.74, 6) is 0. The van der Waals surface area contributed by atoms with Gasteiger partial charge < -0.3 is 0 Å². The third-order valence-corrected chi connectivity index (χ3v) is 1.83. The monoisotopic (exact) mass is 141 g/mol. The molecular weight excluding hydrogens is 134 g/mol. The highest BCUT2D eigenvalue weighted by Crippen LogP contribution is 2.15. The minimum Gasteiger partial charge on any atom is -0.260 e. The van der Waals surface area contributed by atoms with Crippen molar-refractivity contribution in [1.29, 1.82) is 0 Å². The van der Waals surface area contributed by atoms with Crippen LogP contribution in [0, 0.1) is 13.8 Å². The molecule has 0 radical (unpaired) electrons. The number of aromatic nitrogens is 1. The molecule has 9 heavy (non-hydrogen) atoms. The predicted molar refractivity (Wildman–Crippen MR) is 38.7 cm³/mol. The molecule has 0 saturated carbocycles. The maximum atomic E-state index is 5.82. The van der Waals surface area contributed by atoms with Gasteiger partial charge in [0.1, 0.15) is 0 Å². The fraction of sp³-hybridized carbons (Fsp3) is 0.286. The van der Waals surface area contributed by atoms with Crippen molar-refractivity contribution in [3.8, 4) is 0 Å². The molecule has 0 fully saturated rings. The zero-order valence-electron chi connectivity index (χ0n) is 5.48. The number of rotatable bonds is 0. The first-order valence-electron chi connectivity index (χ1n) is 2.79. The van der Waals surface area contributed by atoms with E-state index < -0.39 is 0 Å². The first-order valence-corrected chi connectivity index (χ1v) is 3.17. The van der Waals surface area contributed by atoms with Crippen molar-refractivity contribution in [2.45, 2.75) is 13.8 Å². The summed E-state index contributed by atoms with van der Waals surface area (Å²) in [6.45, 7) is 3.87. The topological polar surface area (TPSA) is 12.9 Å². The van der Waals surface area contributed by atoms with Gasteiger partial charge in [0, 0.05) is 6.20 Å². The lowest BCUT2D eigenvalue weighted by Crippen LogP contribution is -1.83. The van der Waals surface area contributed by atoms with Crippen LogP contribution in [0.25, 0.3) is 0 Å². The summed E-state index contributed by atoms with van der Waals surface area (Å²) < 4.78 is 0. The summed E-state index contributed by atoms with van der Waals surface area (Å²) in [6.07, 6.45) is 1.76. The van der Waals surface area contributed by atoms with Gasteiger partial charge in [0.05, 0.1) is 10.7 Å². The lowest BCUT2D eigenvalue weighted by atomic mass is 10.2. The van der Waals surface area contributed by atoms with Crippen molar-refractivity contribution in [2.24, 2.45) is 0 Å². The van der Waals surface area contributed by atoms with Crippen molar-refractivity contribution in [3.05, 3.63) is 28.5 Å². The summed E-state index contributed by atoms with van der Waals surface area (Å²) >= 11 is 5.82. The minimum absolute atomic E-state index is 0.775. The first-order chi connectivity index (χ1) is 4.22. The molecule has 0 aromatic carbocycles. The van der Waals surface area contributed by atoms with Crippen LogP contribution in [0.5, 0.6) is 0 Å². The molecule has 0 N–H and O–H groups in total. The maximum Gasteiger partial charge on any atom is 0.0647 e. The summed E-state index contributed by atoms with van der Waals surface area (Å²) in [7, 11) is 0. The number of hydrogen-bond donors (Lipinski definition) is 0. The number of pyridine rings is 1. The third-order valence-electron chi connectivity index (χ3n) is 1.26. The van der Waals surface area contributed by atoms with Crippen LogP contribution in [0.2, 0.25) is 5.02 Å². The molecule has 0 atom stereocenters. The number of halogens is 1. The van der Waals surface area contributed by atoms with Gasteiger partial charge in [-0.1, -0.05) is 11.6 Å². The zero-order valence-corrected chi connectivity index (χ0v) is 6.24. The van der Waals surface area contributed by atoms with Crippen LogP contribution in [0.1, 0.15) is 11.3 Å². The standard InChI is InChI=1S/C7H8ClN/c1-5-3-4-9-6(2)7(5)8/h3-4H,1-2H3. The van der Waals surface area contributed by atoms with Gasteiger partial charge in [-0.2, -0.15) is 0 Å². The van der Waals surface area contributed by atoms with Crippen molar-refractivity contribution in [1.82, 2.24) is 4.98 Å². The van der Waals surface area contributed by atoms with Gasteiger partial charge in [-0.15, -0.1) is 0 Å². The minimum atomic E-state index is 0.775. The molecule has 0 amide bonds. The van der Waals surface area contributed by atoms with E-state index in [1.165, 1.54) is 0 Å². The van der Waals surface area contributed by atoms with Crippen LogP contribution in [-0.2, 0) is 0 Å². The summed E-state index contributed by atoms with van der Waals surface area (Å²) in [5.41, 5.74) is 1.99. The molecular formula is C7H8ClN. The average Bonchev–Trinajstić information content (AvgIpc) is 1.83. The summed E-state index contributed by atoms with van der Waals surface area (Å²) in [6, 6.07) is 1.90. The molecule has 0 aliphatic heterocycles. The molecule has 0 aliphatic carbocycles. The predicted octanol–water partition coefficient (Wildman–Crippen LogP) is 2.35. The Balaban J connectivity index is 3.25. The second-order valence-corrected chi connectivity index (χ2v) is 2.41. The van der Waals surface area contributed by atoms with Crippen molar-refractivity contribution in [3.63, 3.8) is 0 Å². The highest BCUT2D eigenvalue weighted by molar-refractivity contribution is 6.31. The molecule has 0 unspecified atom stereocenters. The van der Waals surface area contributed by atoms with Crippen LogP contribution < -0.4 is 0 Å². The lowest BCUT2D eigenvalue weighted by molar-refractivity contribution is 1.18. The van der Waals surface area contributed by atoms with Crippen LogP contribution in [0.3, 0.4) is 0 Å². The molecule has 1 rings (SSSR count). The van der Waals surface area contributed by atoms with Gasteiger partial charge in [-0.25, -0.2) is 0 Å². The molecule has 0 spiro atoms. The van der Waals surface area contributed by atoms with E-state index in [4.69, 9.17) is 11.6 Å². The Morgan fingerprint density at radius 1 is 1.44 bits per heavy atom. The van der Waals surface area contributed by atoms with E-state index in [0.29, 0.717) is 0 Å². The Labute approximate surface area is 59.7 Å². The number of hydrogen-bond acceptors (Lipinski definition) is 1. The Morgan fingerprint density at radius 2 is 2.11 bits per heavy atom. The molecule has 1 aromatic heterocycles. The molecule has 1 aromatic rings. The number of nitrogens with zero attached hydrogens (tertiary/aromatic N) is 1. The van der Waals surface area contributed by atoms with Crippen LogP contribution in [-0.4, -0.2) is 4.98 Å². The second-order valence-electron chi connectivity index (χ2n) is 2.03. The molecule has 2 heteroatoms. The van der Waals surface area contributed by atoms with Crippen LogP contribution >= 0.6 is 11.6 Å². The van der Waals surface area contributed by atoms with Gasteiger partial charge in [-0.05, 0) is 25.5 Å². The largest absolute Gasteiger partial charge is 0.260 e. The summed E-state index contributed by atoms with van der Waals surface area (Å²) in [5, 5.41) is 0.775. The van der Waals surface area contributed by atoms with Gasteiger partial charge in [0.15, 0.2) is 0 Å². The van der Waals surface area contributed by atoms with Crippen molar-refractivity contribution < 1.29 is 0 Å². The third kappa shape index (κ3) is 1.22. The van der Waals surface area contributed by atoms with Gasteiger partial charge >= 0.3 is 0 Å². The number of aryl methyl sites for hydroxylation is 2. The Morgan fingerprint density at radius 3 is 2.56 bits per heavy atom. The Kier molecular flexibility index (Phi) is 1.72. The van der Waals surface area contributed by atoms with E-state index in [1.54, 1.807) is 6.20 Å². The highest BCUT2D eigenvalue weighted by Gasteiger charge is 1.96. The SMILES string of the molecule is Cc1ccnc(C)c1Cl. The van der Waals surface area contributed by atoms with Gasteiger partial charge in [0.2, 0.25) is 0 Å². The van der Waals surface area contributed by atoms with Gasteiger partial charge in [0.25, 0.3) is 0 Å². The normalized spacial score (nSPS) is 9.67. The fourth-order valence-electron chi connectivity index (χ4n) is 0.676. The Hall–Kier alpha value is -0.560. The molecule has 48 valence electrons. The van der Waals surface area contributed by atoms with E-state index in [9.17, 15) is 0 Å². The Bertz CT molecular complexity index is 200. The lowest BCUT2D eigenvalue weighted by Gasteiger charge is -1.97. The average molecular weight is 142 g/mol. The molecule has 1 nitrogen and oxygen atoms in total. The van der Waals surface area contributed by atoms with Gasteiger partial charge in [-0.3, -0.25) is 4.98 Å². The van der Waals surface area contributed by atoms with E-state index >= 15 is 0 Å². The highest BCUT2D eigenvalue weighted by atomic mass is 35.5.